The Kier molecular flexibility index (Phi) is 7.34. The van der Waals surface area contributed by atoms with Crippen molar-refractivity contribution in [1.29, 1.82) is 0 Å². The van der Waals surface area contributed by atoms with E-state index in [-0.39, 0.29) is 6.29 Å². The van der Waals surface area contributed by atoms with E-state index >= 15 is 0 Å². The van der Waals surface area contributed by atoms with Crippen LogP contribution in [0.25, 0.3) is 0 Å². The van der Waals surface area contributed by atoms with Crippen LogP contribution in [0, 0.1) is 11.6 Å². The number of ether oxygens (including phenoxy) is 3. The van der Waals surface area contributed by atoms with Crippen LogP contribution in [-0.4, -0.2) is 32.6 Å². The predicted octanol–water partition coefficient (Wildman–Crippen LogP) is 4.75. The highest BCUT2D eigenvalue weighted by atomic mass is 19.1. The van der Waals surface area contributed by atoms with Gasteiger partial charge in [0.05, 0.1) is 7.11 Å². The summed E-state index contributed by atoms with van der Waals surface area (Å²) in [5.74, 6) is -1.28. The molecule has 0 N–H and O–H groups in total. The molecule has 1 fully saturated rings. The van der Waals surface area contributed by atoms with Crippen LogP contribution in [0.1, 0.15) is 43.2 Å². The van der Waals surface area contributed by atoms with E-state index in [0.29, 0.717) is 37.2 Å². The molecule has 1 heterocycles. The van der Waals surface area contributed by atoms with E-state index in [1.807, 2.05) is 0 Å². The van der Waals surface area contributed by atoms with Gasteiger partial charge < -0.3 is 14.2 Å². The molecule has 4 nitrogen and oxygen atoms in total. The Morgan fingerprint density at radius 1 is 1.03 bits per heavy atom. The van der Waals surface area contributed by atoms with Gasteiger partial charge in [-0.1, -0.05) is 24.3 Å². The van der Waals surface area contributed by atoms with Crippen LogP contribution in [0.15, 0.2) is 48.5 Å². The summed E-state index contributed by atoms with van der Waals surface area (Å²) in [5.41, 5.74) is -0.00928. The number of benzene rings is 2. The summed E-state index contributed by atoms with van der Waals surface area (Å²) < 4.78 is 43.6. The molecule has 1 aliphatic heterocycles. The summed E-state index contributed by atoms with van der Waals surface area (Å²) in [6, 6.07) is 11.5. The molecule has 1 saturated heterocycles. The van der Waals surface area contributed by atoms with Crippen LogP contribution < -0.4 is 0 Å². The Bertz CT molecular complexity index is 738. The SMILES string of the molecule is COC(=O)C(CCCOC1CCCCO1)(c1ccc(F)cc1)c1ccc(F)cc1. The lowest BCUT2D eigenvalue weighted by atomic mass is 9.71. The average molecular weight is 404 g/mol. The number of hydrogen-bond donors (Lipinski definition) is 0. The van der Waals surface area contributed by atoms with Gasteiger partial charge in [0.1, 0.15) is 17.0 Å². The summed E-state index contributed by atoms with van der Waals surface area (Å²) >= 11 is 0. The van der Waals surface area contributed by atoms with Crippen molar-refractivity contribution in [2.45, 2.75) is 43.8 Å². The van der Waals surface area contributed by atoms with Gasteiger partial charge in [-0.15, -0.1) is 0 Å². The molecule has 29 heavy (non-hydrogen) atoms. The fraction of sp³-hybridized carbons (Fsp3) is 0.435. The zero-order valence-electron chi connectivity index (χ0n) is 16.5. The van der Waals surface area contributed by atoms with Crippen LogP contribution in [0.3, 0.4) is 0 Å². The van der Waals surface area contributed by atoms with Crippen LogP contribution in [0.2, 0.25) is 0 Å². The minimum absolute atomic E-state index is 0.215. The van der Waals surface area contributed by atoms with E-state index in [9.17, 15) is 13.6 Å². The van der Waals surface area contributed by atoms with Gasteiger partial charge in [0.2, 0.25) is 0 Å². The van der Waals surface area contributed by atoms with Crippen molar-refractivity contribution in [2.24, 2.45) is 0 Å². The Hall–Kier alpha value is -2.31. The Balaban J connectivity index is 1.87. The number of hydrogen-bond acceptors (Lipinski definition) is 4. The minimum Gasteiger partial charge on any atom is -0.468 e. The topological polar surface area (TPSA) is 44.8 Å². The summed E-state index contributed by atoms with van der Waals surface area (Å²) in [7, 11) is 1.32. The first-order chi connectivity index (χ1) is 14.1. The minimum atomic E-state index is -1.19. The fourth-order valence-electron chi connectivity index (χ4n) is 3.83. The third kappa shape index (κ3) is 5.00. The second-order valence-corrected chi connectivity index (χ2v) is 7.18. The highest BCUT2D eigenvalue weighted by Gasteiger charge is 2.43. The number of methoxy groups -OCH3 is 1. The average Bonchev–Trinajstić information content (AvgIpc) is 2.76. The molecule has 2 aromatic rings. The second-order valence-electron chi connectivity index (χ2n) is 7.18. The first kappa shape index (κ1) is 21.4. The first-order valence-corrected chi connectivity index (χ1v) is 9.90. The molecule has 3 rings (SSSR count). The Morgan fingerprint density at radius 3 is 2.10 bits per heavy atom. The number of rotatable bonds is 8. The van der Waals surface area contributed by atoms with Crippen molar-refractivity contribution in [3.63, 3.8) is 0 Å². The molecule has 156 valence electrons. The van der Waals surface area contributed by atoms with Crippen LogP contribution in [0.4, 0.5) is 8.78 Å². The van der Waals surface area contributed by atoms with E-state index in [1.165, 1.54) is 31.4 Å². The monoisotopic (exact) mass is 404 g/mol. The normalized spacial score (nSPS) is 17.1. The molecule has 0 bridgehead atoms. The molecule has 0 amide bonds. The van der Waals surface area contributed by atoms with E-state index in [0.717, 1.165) is 19.3 Å². The van der Waals surface area contributed by atoms with Gasteiger partial charge in [-0.3, -0.25) is 4.79 Å². The van der Waals surface area contributed by atoms with Gasteiger partial charge in [-0.2, -0.15) is 0 Å². The summed E-state index contributed by atoms with van der Waals surface area (Å²) in [4.78, 5) is 13.0. The van der Waals surface area contributed by atoms with E-state index < -0.39 is 23.0 Å². The third-order valence-corrected chi connectivity index (χ3v) is 5.35. The lowest BCUT2D eigenvalue weighted by Gasteiger charge is -2.32. The number of carbonyl (C=O) groups excluding carboxylic acids is 1. The summed E-state index contributed by atoms with van der Waals surface area (Å²) in [6.45, 7) is 1.10. The van der Waals surface area contributed by atoms with Gasteiger partial charge in [0.25, 0.3) is 0 Å². The number of esters is 1. The Labute approximate surface area is 169 Å². The lowest BCUT2D eigenvalue weighted by Crippen LogP contribution is -2.39. The lowest BCUT2D eigenvalue weighted by molar-refractivity contribution is -0.163. The third-order valence-electron chi connectivity index (χ3n) is 5.35. The van der Waals surface area contributed by atoms with Gasteiger partial charge in [-0.05, 0) is 67.5 Å². The zero-order chi connectivity index (χ0) is 20.7. The molecular weight excluding hydrogens is 378 g/mol. The maximum absolute atomic E-state index is 13.5. The van der Waals surface area contributed by atoms with Crippen LogP contribution in [0.5, 0.6) is 0 Å². The van der Waals surface area contributed by atoms with E-state index in [1.54, 1.807) is 24.3 Å². The summed E-state index contributed by atoms with van der Waals surface area (Å²) in [5, 5.41) is 0. The largest absolute Gasteiger partial charge is 0.468 e. The molecule has 0 aliphatic carbocycles. The molecule has 0 radical (unpaired) electrons. The highest BCUT2D eigenvalue weighted by molar-refractivity contribution is 5.87. The van der Waals surface area contributed by atoms with Crippen molar-refractivity contribution in [3.05, 3.63) is 71.3 Å². The molecular formula is C23H26F2O4. The van der Waals surface area contributed by atoms with Gasteiger partial charge in [0, 0.05) is 13.2 Å². The van der Waals surface area contributed by atoms with Crippen molar-refractivity contribution < 1.29 is 27.8 Å². The predicted molar refractivity (Wildman–Crippen MR) is 104 cm³/mol. The Morgan fingerprint density at radius 2 is 1.62 bits per heavy atom. The van der Waals surface area contributed by atoms with Crippen LogP contribution >= 0.6 is 0 Å². The standard InChI is InChI=1S/C23H26F2O4/c1-27-22(26)23(17-6-10-19(24)11-7-17,18-8-12-20(25)13-9-18)14-4-16-29-21-5-2-3-15-28-21/h6-13,21H,2-5,14-16H2,1H3. The van der Waals surface area contributed by atoms with Gasteiger partial charge in [0.15, 0.2) is 6.29 Å². The molecule has 1 unspecified atom stereocenters. The summed E-state index contributed by atoms with van der Waals surface area (Å²) in [6.07, 6.45) is 3.67. The second kappa shape index (κ2) is 9.94. The van der Waals surface area contributed by atoms with Gasteiger partial charge >= 0.3 is 5.97 Å². The molecule has 1 aliphatic rings. The van der Waals surface area contributed by atoms with Crippen LogP contribution in [-0.2, 0) is 24.4 Å². The number of halogens is 2. The highest BCUT2D eigenvalue weighted by Crippen LogP contribution is 2.38. The molecule has 2 aromatic carbocycles. The van der Waals surface area contributed by atoms with Crippen molar-refractivity contribution in [1.82, 2.24) is 0 Å². The molecule has 0 aromatic heterocycles. The smallest absolute Gasteiger partial charge is 0.320 e. The molecule has 0 spiro atoms. The zero-order valence-corrected chi connectivity index (χ0v) is 16.5. The molecule has 0 saturated carbocycles. The maximum atomic E-state index is 13.5. The molecule has 6 heteroatoms. The van der Waals surface area contributed by atoms with Gasteiger partial charge in [-0.25, -0.2) is 8.78 Å². The quantitative estimate of drug-likeness (QED) is 0.471. The first-order valence-electron chi connectivity index (χ1n) is 9.90. The molecule has 1 atom stereocenters. The van der Waals surface area contributed by atoms with E-state index in [4.69, 9.17) is 14.2 Å². The maximum Gasteiger partial charge on any atom is 0.320 e. The number of carbonyl (C=O) groups is 1. The van der Waals surface area contributed by atoms with Crippen molar-refractivity contribution in [3.8, 4) is 0 Å². The van der Waals surface area contributed by atoms with Crippen molar-refractivity contribution >= 4 is 5.97 Å². The van der Waals surface area contributed by atoms with Crippen molar-refractivity contribution in [2.75, 3.05) is 20.3 Å². The van der Waals surface area contributed by atoms with E-state index in [2.05, 4.69) is 0 Å². The fourth-order valence-corrected chi connectivity index (χ4v) is 3.83.